The number of nitrogens with two attached hydrogens (primary N) is 1. The number of rotatable bonds is 3. The molecule has 0 spiro atoms. The average molecular weight is 399 g/mol. The molecule has 2 aliphatic rings. The highest BCUT2D eigenvalue weighted by Crippen LogP contribution is 2.44. The summed E-state index contributed by atoms with van der Waals surface area (Å²) in [6, 6.07) is 9.54. The molecule has 0 aliphatic heterocycles. The van der Waals surface area contributed by atoms with E-state index in [1.165, 1.54) is 43.2 Å². The molecule has 2 aliphatic carbocycles. The molecule has 0 amide bonds. The molecular weight excluding hydrogens is 373 g/mol. The van der Waals surface area contributed by atoms with Gasteiger partial charge in [-0.05, 0) is 37.3 Å². The Labute approximate surface area is 144 Å². The van der Waals surface area contributed by atoms with Crippen molar-refractivity contribution in [2.45, 2.75) is 63.5 Å². The zero-order valence-corrected chi connectivity index (χ0v) is 15.0. The first-order chi connectivity index (χ1) is 9.74. The lowest BCUT2D eigenvalue weighted by molar-refractivity contribution is 0.412. The summed E-state index contributed by atoms with van der Waals surface area (Å²) in [4.78, 5) is 4.66. The lowest BCUT2D eigenvalue weighted by Crippen LogP contribution is -2.41. The van der Waals surface area contributed by atoms with Crippen LogP contribution in [-0.4, -0.2) is 18.0 Å². The van der Waals surface area contributed by atoms with E-state index in [0.717, 1.165) is 6.42 Å². The van der Waals surface area contributed by atoms with E-state index in [0.29, 0.717) is 24.0 Å². The minimum absolute atomic E-state index is 0. The van der Waals surface area contributed by atoms with E-state index < -0.39 is 0 Å². The Morgan fingerprint density at radius 2 is 1.90 bits per heavy atom. The highest BCUT2D eigenvalue weighted by molar-refractivity contribution is 14.0. The number of aliphatic imine (C=N–C) groups is 1. The highest BCUT2D eigenvalue weighted by Gasteiger charge is 2.39. The molecule has 0 heterocycles. The first-order valence-electron chi connectivity index (χ1n) is 7.89. The van der Waals surface area contributed by atoms with Crippen LogP contribution in [0.15, 0.2) is 29.3 Å². The quantitative estimate of drug-likeness (QED) is 0.463. The molecule has 2 fully saturated rings. The Morgan fingerprint density at radius 3 is 2.62 bits per heavy atom. The number of nitrogens with zero attached hydrogens (tertiary/aromatic N) is 1. The second-order valence-electron chi connectivity index (χ2n) is 6.26. The molecule has 3 N–H and O–H groups in total. The molecule has 0 bridgehead atoms. The van der Waals surface area contributed by atoms with Gasteiger partial charge in [-0.3, -0.25) is 0 Å². The lowest BCUT2D eigenvalue weighted by Gasteiger charge is -2.23. The van der Waals surface area contributed by atoms with Crippen molar-refractivity contribution < 1.29 is 0 Å². The van der Waals surface area contributed by atoms with Crippen LogP contribution in [0.3, 0.4) is 0 Å². The van der Waals surface area contributed by atoms with Crippen molar-refractivity contribution in [1.82, 2.24) is 5.32 Å². The van der Waals surface area contributed by atoms with Gasteiger partial charge in [-0.25, -0.2) is 4.99 Å². The van der Waals surface area contributed by atoms with Gasteiger partial charge in [0.25, 0.3) is 0 Å². The summed E-state index contributed by atoms with van der Waals surface area (Å²) in [5.74, 6) is 1.22. The summed E-state index contributed by atoms with van der Waals surface area (Å²) in [7, 11) is 0. The van der Waals surface area contributed by atoms with Crippen LogP contribution < -0.4 is 11.1 Å². The number of halogens is 1. The number of aryl methyl sites for hydroxylation is 1. The van der Waals surface area contributed by atoms with E-state index in [4.69, 9.17) is 5.73 Å². The average Bonchev–Trinajstić information content (AvgIpc) is 3.19. The van der Waals surface area contributed by atoms with Crippen LogP contribution in [0.5, 0.6) is 0 Å². The minimum Gasteiger partial charge on any atom is -0.370 e. The van der Waals surface area contributed by atoms with Crippen molar-refractivity contribution in [1.29, 1.82) is 0 Å². The van der Waals surface area contributed by atoms with Crippen LogP contribution in [0.25, 0.3) is 0 Å². The molecule has 4 heteroatoms. The van der Waals surface area contributed by atoms with E-state index in [1.807, 2.05) is 0 Å². The first-order valence-corrected chi connectivity index (χ1v) is 7.89. The fourth-order valence-electron chi connectivity index (χ4n) is 3.33. The Balaban J connectivity index is 0.00000161. The monoisotopic (exact) mass is 399 g/mol. The van der Waals surface area contributed by atoms with E-state index in [2.05, 4.69) is 41.5 Å². The second-order valence-corrected chi connectivity index (χ2v) is 6.26. The van der Waals surface area contributed by atoms with Crippen molar-refractivity contribution in [2.75, 3.05) is 0 Å². The van der Waals surface area contributed by atoms with Gasteiger partial charge in [0.15, 0.2) is 5.96 Å². The van der Waals surface area contributed by atoms with Crippen LogP contribution in [0.2, 0.25) is 0 Å². The molecule has 2 atom stereocenters. The Morgan fingerprint density at radius 1 is 1.19 bits per heavy atom. The minimum atomic E-state index is 0. The maximum atomic E-state index is 6.06. The van der Waals surface area contributed by atoms with Gasteiger partial charge in [0.1, 0.15) is 0 Å². The number of benzene rings is 1. The van der Waals surface area contributed by atoms with E-state index in [-0.39, 0.29) is 24.0 Å². The van der Waals surface area contributed by atoms with Crippen molar-refractivity contribution in [3.8, 4) is 0 Å². The number of nitrogens with one attached hydrogen (secondary N) is 1. The molecule has 0 aromatic heterocycles. The fraction of sp³-hybridized carbons (Fsp3) is 0.588. The van der Waals surface area contributed by atoms with Gasteiger partial charge >= 0.3 is 0 Å². The van der Waals surface area contributed by atoms with Gasteiger partial charge in [0.2, 0.25) is 0 Å². The van der Waals surface area contributed by atoms with Gasteiger partial charge in [-0.2, -0.15) is 0 Å². The van der Waals surface area contributed by atoms with Gasteiger partial charge in [0, 0.05) is 12.0 Å². The fourth-order valence-corrected chi connectivity index (χ4v) is 3.33. The standard InChI is InChI=1S/C17H25N3.HI/c1-12-7-5-6-10-14(12)15-11-16(15)20-17(18)19-13-8-3-2-4-9-13;/h5-7,10,13,15-16H,2-4,8-9,11H2,1H3,(H3,18,19,20);1H. The van der Waals surface area contributed by atoms with Crippen LogP contribution in [0.1, 0.15) is 55.6 Å². The second kappa shape index (κ2) is 7.47. The highest BCUT2D eigenvalue weighted by atomic mass is 127. The Bertz CT molecular complexity index is 495. The summed E-state index contributed by atoms with van der Waals surface area (Å²) >= 11 is 0. The van der Waals surface area contributed by atoms with Crippen LogP contribution in [-0.2, 0) is 0 Å². The third-order valence-electron chi connectivity index (χ3n) is 4.61. The van der Waals surface area contributed by atoms with Crippen molar-refractivity contribution >= 4 is 29.9 Å². The molecule has 2 unspecified atom stereocenters. The predicted octanol–water partition coefficient (Wildman–Crippen LogP) is 3.71. The lowest BCUT2D eigenvalue weighted by atomic mass is 9.96. The van der Waals surface area contributed by atoms with Crippen molar-refractivity contribution in [3.63, 3.8) is 0 Å². The molecule has 2 saturated carbocycles. The third-order valence-corrected chi connectivity index (χ3v) is 4.61. The smallest absolute Gasteiger partial charge is 0.189 e. The zero-order chi connectivity index (χ0) is 13.9. The Kier molecular flexibility index (Phi) is 5.90. The molecule has 1 aromatic carbocycles. The van der Waals surface area contributed by atoms with Gasteiger partial charge in [-0.15, -0.1) is 24.0 Å². The van der Waals surface area contributed by atoms with Gasteiger partial charge in [-0.1, -0.05) is 43.5 Å². The van der Waals surface area contributed by atoms with Crippen LogP contribution in [0, 0.1) is 6.92 Å². The maximum absolute atomic E-state index is 6.06. The van der Waals surface area contributed by atoms with Gasteiger partial charge < -0.3 is 11.1 Å². The van der Waals surface area contributed by atoms with E-state index in [1.54, 1.807) is 0 Å². The SMILES string of the molecule is Cc1ccccc1C1CC1N=C(N)NC1CCCCC1.I. The van der Waals surface area contributed by atoms with Gasteiger partial charge in [0.05, 0.1) is 6.04 Å². The van der Waals surface area contributed by atoms with E-state index >= 15 is 0 Å². The maximum Gasteiger partial charge on any atom is 0.189 e. The van der Waals surface area contributed by atoms with Crippen LogP contribution >= 0.6 is 24.0 Å². The summed E-state index contributed by atoms with van der Waals surface area (Å²) in [6.45, 7) is 2.18. The normalized spacial score (nSPS) is 26.0. The molecule has 0 radical (unpaired) electrons. The summed E-state index contributed by atoms with van der Waals surface area (Å²) in [5.41, 5.74) is 8.87. The molecular formula is C17H26IN3. The summed E-state index contributed by atoms with van der Waals surface area (Å²) < 4.78 is 0. The Hall–Kier alpha value is -0.780. The zero-order valence-electron chi connectivity index (χ0n) is 12.7. The molecule has 3 rings (SSSR count). The molecule has 0 saturated heterocycles. The van der Waals surface area contributed by atoms with Crippen molar-refractivity contribution in [3.05, 3.63) is 35.4 Å². The van der Waals surface area contributed by atoms with Crippen molar-refractivity contribution in [2.24, 2.45) is 10.7 Å². The molecule has 21 heavy (non-hydrogen) atoms. The number of guanidine groups is 1. The number of hydrogen-bond donors (Lipinski definition) is 2. The largest absolute Gasteiger partial charge is 0.370 e. The summed E-state index contributed by atoms with van der Waals surface area (Å²) in [5, 5.41) is 3.40. The summed E-state index contributed by atoms with van der Waals surface area (Å²) in [6.07, 6.45) is 7.62. The number of hydrogen-bond acceptors (Lipinski definition) is 1. The third kappa shape index (κ3) is 4.34. The first kappa shape index (κ1) is 16.6. The van der Waals surface area contributed by atoms with E-state index in [9.17, 15) is 0 Å². The molecule has 1 aromatic rings. The predicted molar refractivity (Wildman–Crippen MR) is 99.4 cm³/mol. The molecule has 3 nitrogen and oxygen atoms in total. The topological polar surface area (TPSA) is 50.4 Å². The molecule has 116 valence electrons. The van der Waals surface area contributed by atoms with Crippen LogP contribution in [0.4, 0.5) is 0 Å².